The van der Waals surface area contributed by atoms with Crippen molar-refractivity contribution in [2.75, 3.05) is 13.2 Å². The molecular formula is C20H21ClN4O7. The third-order valence-corrected chi connectivity index (χ3v) is 4.94. The molecule has 0 spiro atoms. The van der Waals surface area contributed by atoms with Gasteiger partial charge in [-0.15, -0.1) is 6.42 Å². The summed E-state index contributed by atoms with van der Waals surface area (Å²) in [4.78, 5) is 47.4. The summed E-state index contributed by atoms with van der Waals surface area (Å²) in [5, 5.41) is 0.00966. The molecule has 5 unspecified atom stereocenters. The van der Waals surface area contributed by atoms with E-state index in [1.54, 1.807) is 13.8 Å². The summed E-state index contributed by atoms with van der Waals surface area (Å²) in [6.45, 7) is 4.44. The van der Waals surface area contributed by atoms with E-state index in [4.69, 9.17) is 37.0 Å². The predicted octanol–water partition coefficient (Wildman–Crippen LogP) is 1.01. The highest BCUT2D eigenvalue weighted by atomic mass is 35.5. The highest BCUT2D eigenvalue weighted by molar-refractivity contribution is 6.28. The second-order valence-electron chi connectivity index (χ2n) is 6.88. The highest BCUT2D eigenvalue weighted by Crippen LogP contribution is 2.38. The summed E-state index contributed by atoms with van der Waals surface area (Å²) in [5.74, 6) is 0.395. The monoisotopic (exact) mass is 464 g/mol. The van der Waals surface area contributed by atoms with Crippen molar-refractivity contribution in [1.82, 2.24) is 19.5 Å². The molecule has 0 aliphatic carbocycles. The lowest BCUT2D eigenvalue weighted by atomic mass is 9.99. The Morgan fingerprint density at radius 1 is 1.44 bits per heavy atom. The lowest BCUT2D eigenvalue weighted by Gasteiger charge is -2.21. The number of aldehydes is 1. The first-order chi connectivity index (χ1) is 15.3. The quantitative estimate of drug-likeness (QED) is 0.183. The van der Waals surface area contributed by atoms with E-state index in [1.807, 2.05) is 0 Å². The number of imidazole rings is 1. The van der Waals surface area contributed by atoms with Crippen molar-refractivity contribution in [3.63, 3.8) is 0 Å². The Morgan fingerprint density at radius 2 is 2.19 bits per heavy atom. The molecule has 1 aliphatic heterocycles. The number of hydrogen-bond acceptors (Lipinski definition) is 10. The fraction of sp³-hybridized carbons (Fsp3) is 0.500. The summed E-state index contributed by atoms with van der Waals surface area (Å²) in [6, 6.07) is 0. The lowest BCUT2D eigenvalue weighted by Crippen LogP contribution is -2.35. The number of aromatic nitrogens is 4. The smallest absolute Gasteiger partial charge is 0.342 e. The molecule has 1 aliphatic rings. The van der Waals surface area contributed by atoms with E-state index in [1.165, 1.54) is 17.8 Å². The van der Waals surface area contributed by atoms with Gasteiger partial charge in [-0.1, -0.05) is 5.92 Å². The Balaban J connectivity index is 1.91. The number of esters is 2. The Morgan fingerprint density at radius 3 is 2.81 bits per heavy atom. The number of halogens is 1. The third kappa shape index (κ3) is 4.72. The molecule has 0 saturated carbocycles. The maximum absolute atomic E-state index is 11.8. The standard InChI is InChI=1S/C20H21ClN4O7/c1-5-12-14(8-30-13(7-26)19(28)29-6-2)32-18(16(12)31-11(4)27)25-9-22-15-10(3)23-20(21)24-17(15)25/h1,7,9,12-14,16,18H,6,8H2,2-4H3. The van der Waals surface area contributed by atoms with Crippen LogP contribution in [0.15, 0.2) is 6.33 Å². The van der Waals surface area contributed by atoms with E-state index in [2.05, 4.69) is 20.9 Å². The summed E-state index contributed by atoms with van der Waals surface area (Å²) in [5.41, 5.74) is 1.40. The van der Waals surface area contributed by atoms with E-state index >= 15 is 0 Å². The lowest BCUT2D eigenvalue weighted by molar-refractivity contribution is -0.162. The van der Waals surface area contributed by atoms with Gasteiger partial charge >= 0.3 is 11.9 Å². The Kier molecular flexibility index (Phi) is 7.40. The molecule has 3 heterocycles. The van der Waals surface area contributed by atoms with Crippen LogP contribution in [0.2, 0.25) is 5.28 Å². The predicted molar refractivity (Wildman–Crippen MR) is 109 cm³/mol. The number of terminal acetylenes is 1. The van der Waals surface area contributed by atoms with Crippen molar-refractivity contribution in [3.8, 4) is 12.3 Å². The average Bonchev–Trinajstić information content (AvgIpc) is 3.29. The van der Waals surface area contributed by atoms with Crippen molar-refractivity contribution in [2.24, 2.45) is 5.92 Å². The van der Waals surface area contributed by atoms with Gasteiger partial charge in [0.15, 0.2) is 24.3 Å². The number of rotatable bonds is 8. The van der Waals surface area contributed by atoms with E-state index < -0.39 is 42.4 Å². The van der Waals surface area contributed by atoms with Gasteiger partial charge in [0, 0.05) is 6.92 Å². The SMILES string of the molecule is C#CC1C(COC(C=O)C(=O)OCC)OC(n2cnc3c(C)nc(Cl)nc32)C1OC(C)=O. The first-order valence-corrected chi connectivity index (χ1v) is 10.1. The van der Waals surface area contributed by atoms with Crippen molar-refractivity contribution in [2.45, 2.75) is 45.3 Å². The Hall–Kier alpha value is -3.07. The number of carbonyl (C=O) groups is 3. The minimum Gasteiger partial charge on any atom is -0.464 e. The van der Waals surface area contributed by atoms with Gasteiger partial charge in [0.1, 0.15) is 11.6 Å². The van der Waals surface area contributed by atoms with Gasteiger partial charge in [0.2, 0.25) is 11.4 Å². The van der Waals surface area contributed by atoms with Crippen LogP contribution in [-0.2, 0) is 33.3 Å². The molecule has 0 amide bonds. The van der Waals surface area contributed by atoms with E-state index in [0.29, 0.717) is 23.1 Å². The molecule has 11 nitrogen and oxygen atoms in total. The number of fused-ring (bicyclic) bond motifs is 1. The average molecular weight is 465 g/mol. The summed E-state index contributed by atoms with van der Waals surface area (Å²) in [7, 11) is 0. The zero-order valence-electron chi connectivity index (χ0n) is 17.6. The zero-order chi connectivity index (χ0) is 23.4. The maximum atomic E-state index is 11.8. The van der Waals surface area contributed by atoms with Crippen LogP contribution in [0.1, 0.15) is 25.8 Å². The molecule has 3 rings (SSSR count). The second kappa shape index (κ2) is 10.0. The van der Waals surface area contributed by atoms with Crippen LogP contribution in [0.3, 0.4) is 0 Å². The molecule has 1 saturated heterocycles. The molecule has 5 atom stereocenters. The van der Waals surface area contributed by atoms with Gasteiger partial charge in [-0.25, -0.2) is 14.8 Å². The normalized spacial score (nSPS) is 23.5. The van der Waals surface area contributed by atoms with E-state index in [0.717, 1.165) is 0 Å². The molecule has 0 bridgehead atoms. The van der Waals surface area contributed by atoms with Gasteiger partial charge in [-0.2, -0.15) is 4.98 Å². The molecule has 0 N–H and O–H groups in total. The molecule has 2 aromatic heterocycles. The zero-order valence-corrected chi connectivity index (χ0v) is 18.3. The van der Waals surface area contributed by atoms with Crippen LogP contribution in [0, 0.1) is 25.2 Å². The summed E-state index contributed by atoms with van der Waals surface area (Å²) < 4.78 is 23.2. The highest BCUT2D eigenvalue weighted by Gasteiger charge is 2.48. The fourth-order valence-electron chi connectivity index (χ4n) is 3.42. The van der Waals surface area contributed by atoms with Gasteiger partial charge < -0.3 is 18.9 Å². The maximum Gasteiger partial charge on any atom is 0.342 e. The third-order valence-electron chi connectivity index (χ3n) is 4.77. The topological polar surface area (TPSA) is 132 Å². The van der Waals surface area contributed by atoms with E-state index in [9.17, 15) is 14.4 Å². The molecular weight excluding hydrogens is 444 g/mol. The summed E-state index contributed by atoms with van der Waals surface area (Å²) in [6.07, 6.45) is 3.39. The minimum atomic E-state index is -1.44. The first kappa shape index (κ1) is 23.6. The summed E-state index contributed by atoms with van der Waals surface area (Å²) >= 11 is 6.00. The van der Waals surface area contributed by atoms with Crippen molar-refractivity contribution in [1.29, 1.82) is 0 Å². The first-order valence-electron chi connectivity index (χ1n) is 9.69. The van der Waals surface area contributed by atoms with Crippen LogP contribution >= 0.6 is 11.6 Å². The Bertz CT molecular complexity index is 1070. The van der Waals surface area contributed by atoms with Crippen LogP contribution < -0.4 is 0 Å². The molecule has 170 valence electrons. The van der Waals surface area contributed by atoms with Crippen molar-refractivity contribution < 1.29 is 33.3 Å². The van der Waals surface area contributed by atoms with Gasteiger partial charge in [-0.05, 0) is 25.4 Å². The molecule has 32 heavy (non-hydrogen) atoms. The number of nitrogens with zero attached hydrogens (tertiary/aromatic N) is 4. The van der Waals surface area contributed by atoms with Crippen molar-refractivity contribution in [3.05, 3.63) is 17.3 Å². The molecule has 0 radical (unpaired) electrons. The molecule has 1 fully saturated rings. The number of hydrogen-bond donors (Lipinski definition) is 0. The van der Waals surface area contributed by atoms with Crippen LogP contribution in [0.25, 0.3) is 11.2 Å². The molecule has 2 aromatic rings. The largest absolute Gasteiger partial charge is 0.464 e. The molecule has 0 aromatic carbocycles. The minimum absolute atomic E-state index is 0.00966. The van der Waals surface area contributed by atoms with Crippen LogP contribution in [-0.4, -0.2) is 69.3 Å². The van der Waals surface area contributed by atoms with Gasteiger partial charge in [-0.3, -0.25) is 14.2 Å². The molecule has 12 heteroatoms. The number of ether oxygens (including phenoxy) is 4. The van der Waals surface area contributed by atoms with E-state index in [-0.39, 0.29) is 18.5 Å². The van der Waals surface area contributed by atoms with Gasteiger partial charge in [0.25, 0.3) is 0 Å². The van der Waals surface area contributed by atoms with Crippen LogP contribution in [0.4, 0.5) is 0 Å². The number of aryl methyl sites for hydroxylation is 1. The number of carbonyl (C=O) groups excluding carboxylic acids is 3. The van der Waals surface area contributed by atoms with Gasteiger partial charge in [0.05, 0.1) is 31.2 Å². The fourth-order valence-corrected chi connectivity index (χ4v) is 3.63. The Labute approximate surface area is 188 Å². The second-order valence-corrected chi connectivity index (χ2v) is 7.21. The van der Waals surface area contributed by atoms with Crippen LogP contribution in [0.5, 0.6) is 0 Å². The van der Waals surface area contributed by atoms with Crippen molar-refractivity contribution >= 4 is 41.0 Å².